The summed E-state index contributed by atoms with van der Waals surface area (Å²) in [7, 11) is -2.75. The van der Waals surface area contributed by atoms with E-state index < -0.39 is 8.32 Å². The van der Waals surface area contributed by atoms with Crippen molar-refractivity contribution in [3.63, 3.8) is 0 Å². The SMILES string of the molecule is CC1(CO[Si](c2ccccc2)(c2ccccc2)C(C)(C)C)CC(=O)c2c([nH]c(-c3ccnc(N)c3)c2Cc2ccccc2)C1. The molecule has 1 aliphatic rings. The molecule has 6 heteroatoms. The zero-order valence-corrected chi connectivity index (χ0v) is 27.1. The smallest absolute Gasteiger partial charge is 0.261 e. The Morgan fingerprint density at radius 2 is 1.48 bits per heavy atom. The number of nitrogen functional groups attached to an aromatic ring is 1. The van der Waals surface area contributed by atoms with Crippen LogP contribution >= 0.6 is 0 Å². The van der Waals surface area contributed by atoms with Crippen molar-refractivity contribution in [2.24, 2.45) is 5.41 Å². The van der Waals surface area contributed by atoms with E-state index in [4.69, 9.17) is 10.2 Å². The minimum absolute atomic E-state index is 0.139. The first-order valence-electron chi connectivity index (χ1n) is 15.4. The normalized spacial score (nSPS) is 17.0. The average Bonchev–Trinajstić information content (AvgIpc) is 3.36. The monoisotopic (exact) mass is 599 g/mol. The number of nitrogens with zero attached hydrogens (tertiary/aromatic N) is 1. The van der Waals surface area contributed by atoms with Crippen LogP contribution in [0.2, 0.25) is 5.04 Å². The molecule has 3 N–H and O–H groups in total. The van der Waals surface area contributed by atoms with Crippen molar-refractivity contribution < 1.29 is 9.22 Å². The van der Waals surface area contributed by atoms with Crippen LogP contribution < -0.4 is 16.1 Å². The van der Waals surface area contributed by atoms with Gasteiger partial charge in [0.1, 0.15) is 5.82 Å². The van der Waals surface area contributed by atoms with Gasteiger partial charge >= 0.3 is 0 Å². The fraction of sp³-hybridized carbons (Fsp3) is 0.263. The molecule has 0 aliphatic heterocycles. The van der Waals surface area contributed by atoms with Gasteiger partial charge in [0.05, 0.1) is 5.69 Å². The predicted octanol–water partition coefficient (Wildman–Crippen LogP) is 6.96. The highest BCUT2D eigenvalue weighted by Gasteiger charge is 2.51. The highest BCUT2D eigenvalue weighted by Crippen LogP contribution is 2.43. The van der Waals surface area contributed by atoms with Gasteiger partial charge in [0.25, 0.3) is 8.32 Å². The number of rotatable bonds is 8. The lowest BCUT2D eigenvalue weighted by molar-refractivity contribution is 0.0805. The molecule has 2 heterocycles. The molecule has 2 aromatic heterocycles. The van der Waals surface area contributed by atoms with Crippen molar-refractivity contribution in [3.8, 4) is 11.3 Å². The second kappa shape index (κ2) is 11.7. The van der Waals surface area contributed by atoms with Crippen molar-refractivity contribution in [2.75, 3.05) is 12.3 Å². The number of hydrogen-bond donors (Lipinski definition) is 2. The van der Waals surface area contributed by atoms with Gasteiger partial charge < -0.3 is 15.1 Å². The lowest BCUT2D eigenvalue weighted by Gasteiger charge is -2.45. The number of nitrogens with one attached hydrogen (secondary N) is 1. The van der Waals surface area contributed by atoms with E-state index >= 15 is 0 Å². The first-order valence-corrected chi connectivity index (χ1v) is 17.3. The zero-order chi connectivity index (χ0) is 31.0. The Labute approximate surface area is 261 Å². The number of fused-ring (bicyclic) bond motifs is 1. The van der Waals surface area contributed by atoms with Gasteiger partial charge in [-0.2, -0.15) is 0 Å². The summed E-state index contributed by atoms with van der Waals surface area (Å²) in [5.41, 5.74) is 11.6. The molecule has 5 aromatic rings. The van der Waals surface area contributed by atoms with Crippen molar-refractivity contribution >= 4 is 30.3 Å². The van der Waals surface area contributed by atoms with Crippen LogP contribution in [0.5, 0.6) is 0 Å². The molecule has 1 atom stereocenters. The van der Waals surface area contributed by atoms with E-state index in [0.717, 1.165) is 33.6 Å². The maximum atomic E-state index is 14.2. The second-order valence-electron chi connectivity index (χ2n) is 13.5. The average molecular weight is 600 g/mol. The quantitative estimate of drug-likeness (QED) is 0.189. The molecular formula is C38H41N3O2Si. The highest BCUT2D eigenvalue weighted by atomic mass is 28.4. The van der Waals surface area contributed by atoms with Crippen molar-refractivity contribution in [1.29, 1.82) is 0 Å². The third kappa shape index (κ3) is 5.56. The number of ketones is 1. The molecule has 0 saturated carbocycles. The minimum Gasteiger partial charge on any atom is -0.407 e. The van der Waals surface area contributed by atoms with Crippen LogP contribution in [0.15, 0.2) is 109 Å². The Hall–Kier alpha value is -4.26. The summed E-state index contributed by atoms with van der Waals surface area (Å²) >= 11 is 0. The number of aromatic amines is 1. The molecule has 0 fully saturated rings. The van der Waals surface area contributed by atoms with Gasteiger partial charge in [-0.3, -0.25) is 4.79 Å². The highest BCUT2D eigenvalue weighted by molar-refractivity contribution is 6.99. The van der Waals surface area contributed by atoms with Crippen LogP contribution in [-0.2, 0) is 17.3 Å². The number of hydrogen-bond acceptors (Lipinski definition) is 4. The van der Waals surface area contributed by atoms with Gasteiger partial charge in [-0.25, -0.2) is 4.98 Å². The Bertz CT molecular complexity index is 1720. The molecule has 0 radical (unpaired) electrons. The molecule has 5 nitrogen and oxygen atoms in total. The van der Waals surface area contributed by atoms with Gasteiger partial charge in [0.15, 0.2) is 5.78 Å². The van der Waals surface area contributed by atoms with Crippen molar-refractivity contribution in [1.82, 2.24) is 9.97 Å². The first kappa shape index (κ1) is 29.8. The summed E-state index contributed by atoms with van der Waals surface area (Å²) in [5.74, 6) is 0.617. The third-order valence-corrected chi connectivity index (χ3v) is 14.0. The van der Waals surface area contributed by atoms with Crippen LogP contribution in [0.25, 0.3) is 11.3 Å². The van der Waals surface area contributed by atoms with E-state index in [1.165, 1.54) is 10.4 Å². The number of nitrogens with two attached hydrogens (primary N) is 1. The standard InChI is InChI=1S/C38H41N3O2Si/c1-37(2,3)44(29-16-10-6-11-17-29,30-18-12-7-13-19-30)43-26-38(4)24-32-35(33(42)25-38)31(22-27-14-8-5-9-15-27)36(41-32)28-20-21-40-34(39)23-28/h5-21,23,41H,22,24-26H2,1-4H3,(H2,39,40). The molecule has 0 spiro atoms. The Morgan fingerprint density at radius 3 is 2.05 bits per heavy atom. The summed E-state index contributed by atoms with van der Waals surface area (Å²) < 4.78 is 7.35. The zero-order valence-electron chi connectivity index (χ0n) is 26.1. The fourth-order valence-electron chi connectivity index (χ4n) is 7.00. The fourth-order valence-corrected chi connectivity index (χ4v) is 11.7. The number of carbonyl (C=O) groups excluding carboxylic acids is 1. The molecule has 1 aliphatic carbocycles. The minimum atomic E-state index is -2.75. The Morgan fingerprint density at radius 1 is 0.886 bits per heavy atom. The van der Waals surface area contributed by atoms with Crippen LogP contribution in [0.3, 0.4) is 0 Å². The lowest BCUT2D eigenvalue weighted by Crippen LogP contribution is -2.67. The van der Waals surface area contributed by atoms with Gasteiger partial charge in [-0.05, 0) is 45.1 Å². The lowest BCUT2D eigenvalue weighted by atomic mass is 9.74. The summed E-state index contributed by atoms with van der Waals surface area (Å²) in [6.07, 6.45) is 3.52. The van der Waals surface area contributed by atoms with Crippen LogP contribution in [-0.4, -0.2) is 30.7 Å². The topological polar surface area (TPSA) is 81.0 Å². The molecule has 224 valence electrons. The van der Waals surface area contributed by atoms with Crippen LogP contribution in [0, 0.1) is 5.41 Å². The molecule has 0 saturated heterocycles. The van der Waals surface area contributed by atoms with Crippen molar-refractivity contribution in [3.05, 3.63) is 132 Å². The summed E-state index contributed by atoms with van der Waals surface area (Å²) in [6, 6.07) is 35.5. The van der Waals surface area contributed by atoms with Gasteiger partial charge in [0.2, 0.25) is 0 Å². The second-order valence-corrected chi connectivity index (χ2v) is 17.8. The first-order chi connectivity index (χ1) is 21.1. The Balaban J connectivity index is 1.40. The number of H-pyrrole nitrogens is 1. The van der Waals surface area contributed by atoms with Crippen LogP contribution in [0.1, 0.15) is 61.3 Å². The number of anilines is 1. The van der Waals surface area contributed by atoms with Crippen LogP contribution in [0.4, 0.5) is 5.82 Å². The number of aromatic nitrogens is 2. The van der Waals surface area contributed by atoms with Gasteiger partial charge in [-0.15, -0.1) is 0 Å². The number of pyridine rings is 1. The molecule has 3 aromatic carbocycles. The molecule has 0 amide bonds. The van der Waals surface area contributed by atoms with E-state index in [2.05, 4.69) is 110 Å². The summed E-state index contributed by atoms with van der Waals surface area (Å²) in [5, 5.41) is 2.35. The van der Waals surface area contributed by atoms with Gasteiger partial charge in [0, 0.05) is 47.9 Å². The van der Waals surface area contributed by atoms with E-state index in [1.54, 1.807) is 6.20 Å². The molecular weight excluding hydrogens is 559 g/mol. The third-order valence-electron chi connectivity index (χ3n) is 9.00. The molecule has 6 rings (SSSR count). The van der Waals surface area contributed by atoms with Gasteiger partial charge in [-0.1, -0.05) is 119 Å². The molecule has 44 heavy (non-hydrogen) atoms. The number of benzene rings is 3. The predicted molar refractivity (Wildman–Crippen MR) is 182 cm³/mol. The number of carbonyl (C=O) groups is 1. The summed E-state index contributed by atoms with van der Waals surface area (Å²) in [6.45, 7) is 9.56. The molecule has 0 bridgehead atoms. The van der Waals surface area contributed by atoms with E-state index in [-0.39, 0.29) is 16.2 Å². The largest absolute Gasteiger partial charge is 0.407 e. The Kier molecular flexibility index (Phi) is 7.91. The number of Topliss-reactive ketones (excluding diaryl/α,β-unsaturated/α-hetero) is 1. The van der Waals surface area contributed by atoms with Crippen molar-refractivity contribution in [2.45, 2.75) is 52.0 Å². The van der Waals surface area contributed by atoms with E-state index in [9.17, 15) is 4.79 Å². The summed E-state index contributed by atoms with van der Waals surface area (Å²) in [4.78, 5) is 22.1. The maximum absolute atomic E-state index is 14.2. The maximum Gasteiger partial charge on any atom is 0.261 e. The van der Waals surface area contributed by atoms with E-state index in [0.29, 0.717) is 31.7 Å². The van der Waals surface area contributed by atoms with E-state index in [1.807, 2.05) is 30.3 Å². The molecule has 1 unspecified atom stereocenters.